The quantitative estimate of drug-likeness (QED) is 0.721. The summed E-state index contributed by atoms with van der Waals surface area (Å²) in [7, 11) is 3.75. The Morgan fingerprint density at radius 2 is 2.43 bits per heavy atom. The Morgan fingerprint density at radius 1 is 1.64 bits per heavy atom. The lowest BCUT2D eigenvalue weighted by Crippen LogP contribution is -2.19. The summed E-state index contributed by atoms with van der Waals surface area (Å²) in [6.07, 6.45) is 2.86. The number of anilines is 1. The molecule has 0 fully saturated rings. The molecule has 5 heteroatoms. The van der Waals surface area contributed by atoms with Crippen LogP contribution >= 0.6 is 11.3 Å². The molecule has 1 aromatic rings. The minimum absolute atomic E-state index is 0.573. The first-order chi connectivity index (χ1) is 6.77. The van der Waals surface area contributed by atoms with Crippen LogP contribution in [0.2, 0.25) is 0 Å². The van der Waals surface area contributed by atoms with E-state index in [1.54, 1.807) is 18.4 Å². The van der Waals surface area contributed by atoms with Crippen LogP contribution in [0.25, 0.3) is 0 Å². The lowest BCUT2D eigenvalue weighted by atomic mass is 10.4. The first-order valence-electron chi connectivity index (χ1n) is 4.62. The Hall–Kier alpha value is -0.650. The molecule has 1 rings (SSSR count). The highest BCUT2D eigenvalue weighted by Crippen LogP contribution is 2.20. The third-order valence-corrected chi connectivity index (χ3v) is 3.05. The smallest absolute Gasteiger partial charge is 0.185 e. The third kappa shape index (κ3) is 3.25. The van der Waals surface area contributed by atoms with Crippen LogP contribution in [-0.4, -0.2) is 32.3 Å². The Labute approximate surface area is 88.7 Å². The Morgan fingerprint density at radius 3 is 3.00 bits per heavy atom. The van der Waals surface area contributed by atoms with Crippen molar-refractivity contribution >= 4 is 16.5 Å². The number of hydrogen-bond donors (Lipinski definition) is 1. The molecule has 2 N–H and O–H groups in total. The monoisotopic (exact) mass is 215 g/mol. The van der Waals surface area contributed by atoms with E-state index in [1.165, 1.54) is 0 Å². The second-order valence-corrected chi connectivity index (χ2v) is 4.17. The lowest BCUT2D eigenvalue weighted by molar-refractivity contribution is 0.196. The van der Waals surface area contributed by atoms with Gasteiger partial charge in [0.1, 0.15) is 0 Å². The number of hydrogen-bond acceptors (Lipinski definition) is 5. The summed E-state index contributed by atoms with van der Waals surface area (Å²) in [4.78, 5) is 7.54. The van der Waals surface area contributed by atoms with Gasteiger partial charge in [-0.1, -0.05) is 0 Å². The van der Waals surface area contributed by atoms with E-state index in [0.717, 1.165) is 29.6 Å². The first kappa shape index (κ1) is 11.4. The molecule has 0 bridgehead atoms. The molecular weight excluding hydrogens is 198 g/mol. The van der Waals surface area contributed by atoms with E-state index in [0.29, 0.717) is 6.54 Å². The average Bonchev–Trinajstić information content (AvgIpc) is 2.66. The normalized spacial score (nSPS) is 10.5. The molecule has 0 atom stereocenters. The van der Waals surface area contributed by atoms with Crippen LogP contribution in [0, 0.1) is 0 Å². The van der Waals surface area contributed by atoms with Gasteiger partial charge in [-0.05, 0) is 6.42 Å². The molecule has 1 aromatic heterocycles. The molecule has 0 aliphatic rings. The molecule has 0 spiro atoms. The maximum atomic E-state index is 5.52. The van der Waals surface area contributed by atoms with Crippen molar-refractivity contribution in [2.75, 3.05) is 32.2 Å². The van der Waals surface area contributed by atoms with Crippen LogP contribution in [0.1, 0.15) is 11.3 Å². The number of aromatic nitrogens is 1. The van der Waals surface area contributed by atoms with Crippen molar-refractivity contribution in [2.45, 2.75) is 13.0 Å². The Bertz CT molecular complexity index is 264. The molecule has 0 unspecified atom stereocenters. The minimum atomic E-state index is 0.573. The second-order valence-electron chi connectivity index (χ2n) is 3.08. The highest BCUT2D eigenvalue weighted by atomic mass is 32.1. The molecule has 4 nitrogen and oxygen atoms in total. The zero-order valence-electron chi connectivity index (χ0n) is 8.69. The molecule has 0 saturated carbocycles. The van der Waals surface area contributed by atoms with E-state index in [4.69, 9.17) is 10.5 Å². The van der Waals surface area contributed by atoms with Crippen molar-refractivity contribution in [3.05, 3.63) is 11.1 Å². The molecular formula is C9H17N3OS. The molecule has 14 heavy (non-hydrogen) atoms. The first-order valence-corrected chi connectivity index (χ1v) is 5.44. The number of nitrogens with zero attached hydrogens (tertiary/aromatic N) is 2. The summed E-state index contributed by atoms with van der Waals surface area (Å²) in [6, 6.07) is 0. The number of thiazole rings is 1. The van der Waals surface area contributed by atoms with Gasteiger partial charge in [0.15, 0.2) is 5.13 Å². The van der Waals surface area contributed by atoms with Gasteiger partial charge in [-0.2, -0.15) is 0 Å². The number of rotatable bonds is 6. The number of nitrogens with two attached hydrogens (primary N) is 1. The predicted octanol–water partition coefficient (Wildman–Crippen LogP) is 1.07. The van der Waals surface area contributed by atoms with Gasteiger partial charge in [-0.15, -0.1) is 11.3 Å². The highest BCUT2D eigenvalue weighted by molar-refractivity contribution is 7.15. The van der Waals surface area contributed by atoms with E-state index in [9.17, 15) is 0 Å². The molecule has 0 aliphatic heterocycles. The fourth-order valence-corrected chi connectivity index (χ4v) is 1.89. The molecule has 80 valence electrons. The van der Waals surface area contributed by atoms with Crippen molar-refractivity contribution in [2.24, 2.45) is 5.73 Å². The van der Waals surface area contributed by atoms with Gasteiger partial charge in [0.25, 0.3) is 0 Å². The summed E-state index contributed by atoms with van der Waals surface area (Å²) in [5.74, 6) is 0. The predicted molar refractivity (Wildman–Crippen MR) is 59.8 cm³/mol. The average molecular weight is 215 g/mol. The van der Waals surface area contributed by atoms with Crippen molar-refractivity contribution in [3.63, 3.8) is 0 Å². The minimum Gasteiger partial charge on any atom is -0.385 e. The van der Waals surface area contributed by atoms with Gasteiger partial charge in [-0.3, -0.25) is 0 Å². The van der Waals surface area contributed by atoms with Gasteiger partial charge >= 0.3 is 0 Å². The molecule has 0 radical (unpaired) electrons. The standard InChI is InChI=1S/C9H17N3OS/c1-12(4-3-5-13-2)9-11-7-8(6-10)14-9/h7H,3-6,10H2,1-2H3. The molecule has 1 heterocycles. The van der Waals surface area contributed by atoms with Gasteiger partial charge in [-0.25, -0.2) is 4.98 Å². The van der Waals surface area contributed by atoms with Crippen LogP contribution in [0.4, 0.5) is 5.13 Å². The summed E-state index contributed by atoms with van der Waals surface area (Å²) in [6.45, 7) is 2.33. The largest absolute Gasteiger partial charge is 0.385 e. The fourth-order valence-electron chi connectivity index (χ4n) is 1.11. The Kier molecular flexibility index (Phi) is 4.86. The van der Waals surface area contributed by atoms with Crippen molar-refractivity contribution in [1.29, 1.82) is 0 Å². The summed E-state index contributed by atoms with van der Waals surface area (Å²) in [5.41, 5.74) is 5.52. The van der Waals surface area contributed by atoms with E-state index in [2.05, 4.69) is 9.88 Å². The van der Waals surface area contributed by atoms with E-state index >= 15 is 0 Å². The van der Waals surface area contributed by atoms with Crippen LogP contribution < -0.4 is 10.6 Å². The third-order valence-electron chi connectivity index (χ3n) is 1.91. The van der Waals surface area contributed by atoms with E-state index in [-0.39, 0.29) is 0 Å². The molecule has 0 amide bonds. The summed E-state index contributed by atoms with van der Waals surface area (Å²) < 4.78 is 4.99. The van der Waals surface area contributed by atoms with Crippen molar-refractivity contribution in [1.82, 2.24) is 4.98 Å². The van der Waals surface area contributed by atoms with Gasteiger partial charge in [0.05, 0.1) is 0 Å². The van der Waals surface area contributed by atoms with Crippen LogP contribution in [0.15, 0.2) is 6.20 Å². The highest BCUT2D eigenvalue weighted by Gasteiger charge is 2.05. The van der Waals surface area contributed by atoms with Gasteiger partial charge in [0, 0.05) is 44.9 Å². The summed E-state index contributed by atoms with van der Waals surface area (Å²) in [5, 5.41) is 1.03. The van der Waals surface area contributed by atoms with E-state index < -0.39 is 0 Å². The van der Waals surface area contributed by atoms with Crippen molar-refractivity contribution < 1.29 is 4.74 Å². The Balaban J connectivity index is 2.39. The SMILES string of the molecule is COCCCN(C)c1ncc(CN)s1. The maximum absolute atomic E-state index is 5.52. The van der Waals surface area contributed by atoms with Gasteiger partial charge in [0.2, 0.25) is 0 Å². The zero-order valence-corrected chi connectivity index (χ0v) is 9.51. The topological polar surface area (TPSA) is 51.4 Å². The lowest BCUT2D eigenvalue weighted by Gasteiger charge is -2.14. The number of ether oxygens (including phenoxy) is 1. The van der Waals surface area contributed by atoms with E-state index in [1.807, 2.05) is 13.2 Å². The summed E-state index contributed by atoms with van der Waals surface area (Å²) >= 11 is 1.65. The molecule has 0 aliphatic carbocycles. The van der Waals surface area contributed by atoms with Crippen molar-refractivity contribution in [3.8, 4) is 0 Å². The van der Waals surface area contributed by atoms with Crippen LogP contribution in [0.3, 0.4) is 0 Å². The molecule has 0 saturated heterocycles. The molecule has 0 aromatic carbocycles. The fraction of sp³-hybridized carbons (Fsp3) is 0.667. The number of methoxy groups -OCH3 is 1. The van der Waals surface area contributed by atoms with Crippen LogP contribution in [0.5, 0.6) is 0 Å². The zero-order chi connectivity index (χ0) is 10.4. The van der Waals surface area contributed by atoms with Gasteiger partial charge < -0.3 is 15.4 Å². The maximum Gasteiger partial charge on any atom is 0.185 e. The van der Waals surface area contributed by atoms with Crippen LogP contribution in [-0.2, 0) is 11.3 Å². The second kappa shape index (κ2) is 5.95.